The fourth-order valence-corrected chi connectivity index (χ4v) is 3.99. The second-order valence-electron chi connectivity index (χ2n) is 8.30. The lowest BCUT2D eigenvalue weighted by Crippen LogP contribution is -2.47. The van der Waals surface area contributed by atoms with E-state index in [0.29, 0.717) is 23.9 Å². The van der Waals surface area contributed by atoms with Crippen LogP contribution in [0.15, 0.2) is 46.2 Å². The number of hydrogen-bond acceptors (Lipinski definition) is 4. The number of aromatic nitrogens is 1. The van der Waals surface area contributed by atoms with Crippen LogP contribution in [0.4, 0.5) is 23.2 Å². The van der Waals surface area contributed by atoms with Crippen LogP contribution in [0.1, 0.15) is 42.4 Å². The average Bonchev–Trinajstić information content (AvgIpc) is 2.78. The van der Waals surface area contributed by atoms with E-state index in [1.807, 2.05) is 19.9 Å². The third kappa shape index (κ3) is 4.84. The van der Waals surface area contributed by atoms with E-state index in [4.69, 9.17) is 4.74 Å². The van der Waals surface area contributed by atoms with Gasteiger partial charge in [-0.3, -0.25) is 9.79 Å². The summed E-state index contributed by atoms with van der Waals surface area (Å²) in [5.41, 5.74) is -1.71. The molecule has 2 atom stereocenters. The zero-order chi connectivity index (χ0) is 25.3. The summed E-state index contributed by atoms with van der Waals surface area (Å²) in [5, 5.41) is 10.9. The predicted octanol–water partition coefficient (Wildman–Crippen LogP) is 5.87. The number of pyridine rings is 1. The van der Waals surface area contributed by atoms with Gasteiger partial charge in [0.15, 0.2) is 5.60 Å². The van der Waals surface area contributed by atoms with Crippen LogP contribution in [0.3, 0.4) is 0 Å². The molecule has 2 N–H and O–H groups in total. The molecule has 0 aliphatic heterocycles. The molecule has 34 heavy (non-hydrogen) atoms. The maximum absolute atomic E-state index is 14.1. The molecule has 1 heterocycles. The van der Waals surface area contributed by atoms with Crippen molar-refractivity contribution in [3.63, 3.8) is 0 Å². The number of aliphatic imine (C=N–C) groups is 1. The second-order valence-corrected chi connectivity index (χ2v) is 8.30. The number of rotatable bonds is 7. The smallest absolute Gasteiger partial charge is 0.422 e. The summed E-state index contributed by atoms with van der Waals surface area (Å²) in [6, 6.07) is 8.09. The van der Waals surface area contributed by atoms with Crippen molar-refractivity contribution in [3.05, 3.63) is 69.3 Å². The number of fused-ring (bicyclic) bond motifs is 1. The minimum absolute atomic E-state index is 0.0212. The molecule has 9 heteroatoms. The minimum Gasteiger partial charge on any atom is -0.496 e. The Bertz CT molecular complexity index is 1280. The molecule has 0 fully saturated rings. The summed E-state index contributed by atoms with van der Waals surface area (Å²) >= 11 is 0. The van der Waals surface area contributed by atoms with Crippen LogP contribution in [0.5, 0.6) is 5.75 Å². The van der Waals surface area contributed by atoms with Gasteiger partial charge in [-0.15, -0.1) is 0 Å². The Morgan fingerprint density at radius 1 is 1.15 bits per heavy atom. The molecule has 0 spiro atoms. The standard InChI is InChI=1S/C25H26F4N2O3/c1-5-16(17-7-6-14(2)15(3)23(17)34-4)12-24(33,25(27,28)29)13-30-20-10-9-19(26)22-18(20)8-11-21(32)31-22/h6-11,13,16,33H,5,12H2,1-4H3,(H,31,32). The van der Waals surface area contributed by atoms with Gasteiger partial charge in [-0.1, -0.05) is 19.1 Å². The lowest BCUT2D eigenvalue weighted by Gasteiger charge is -2.31. The van der Waals surface area contributed by atoms with E-state index in [2.05, 4.69) is 9.98 Å². The third-order valence-electron chi connectivity index (χ3n) is 6.13. The van der Waals surface area contributed by atoms with Crippen LogP contribution in [0.25, 0.3) is 10.9 Å². The Morgan fingerprint density at radius 2 is 1.85 bits per heavy atom. The van der Waals surface area contributed by atoms with Gasteiger partial charge in [0.1, 0.15) is 11.6 Å². The molecule has 1 aromatic heterocycles. The number of halogens is 4. The quantitative estimate of drug-likeness (QED) is 0.329. The second kappa shape index (κ2) is 9.58. The first-order valence-corrected chi connectivity index (χ1v) is 10.7. The van der Waals surface area contributed by atoms with Gasteiger partial charge < -0.3 is 14.8 Å². The van der Waals surface area contributed by atoms with Crippen LogP contribution >= 0.6 is 0 Å². The molecule has 5 nitrogen and oxygen atoms in total. The first-order chi connectivity index (χ1) is 15.9. The highest BCUT2D eigenvalue weighted by Gasteiger charge is 2.53. The van der Waals surface area contributed by atoms with E-state index in [1.54, 1.807) is 13.0 Å². The van der Waals surface area contributed by atoms with Crippen LogP contribution in [-0.2, 0) is 0 Å². The number of nitrogens with one attached hydrogen (secondary N) is 1. The lowest BCUT2D eigenvalue weighted by atomic mass is 9.82. The molecule has 2 unspecified atom stereocenters. The topological polar surface area (TPSA) is 74.7 Å². The molecule has 0 saturated heterocycles. The highest BCUT2D eigenvalue weighted by Crippen LogP contribution is 2.42. The highest BCUT2D eigenvalue weighted by atomic mass is 19.4. The minimum atomic E-state index is -5.03. The molecule has 0 radical (unpaired) electrons. The number of methoxy groups -OCH3 is 1. The Labute approximate surface area is 194 Å². The Morgan fingerprint density at radius 3 is 2.47 bits per heavy atom. The Hall–Kier alpha value is -3.20. The fraction of sp³-hybridized carbons (Fsp3) is 0.360. The van der Waals surface area contributed by atoms with E-state index in [-0.39, 0.29) is 16.6 Å². The van der Waals surface area contributed by atoms with Crippen LogP contribution in [0, 0.1) is 19.7 Å². The van der Waals surface area contributed by atoms with Crippen molar-refractivity contribution in [1.82, 2.24) is 4.98 Å². The van der Waals surface area contributed by atoms with Crippen molar-refractivity contribution in [2.45, 2.75) is 51.3 Å². The number of ether oxygens (including phenoxy) is 1. The molecule has 3 aromatic rings. The van der Waals surface area contributed by atoms with Crippen molar-refractivity contribution >= 4 is 22.8 Å². The maximum atomic E-state index is 14.1. The number of hydrogen-bond donors (Lipinski definition) is 2. The number of H-pyrrole nitrogens is 1. The summed E-state index contributed by atoms with van der Waals surface area (Å²) in [6.45, 7) is 5.43. The van der Waals surface area contributed by atoms with Crippen molar-refractivity contribution < 1.29 is 27.4 Å². The van der Waals surface area contributed by atoms with E-state index in [0.717, 1.165) is 23.3 Å². The van der Waals surface area contributed by atoms with Gasteiger partial charge in [0.05, 0.1) is 18.3 Å². The molecule has 0 aliphatic carbocycles. The predicted molar refractivity (Wildman–Crippen MR) is 124 cm³/mol. The third-order valence-corrected chi connectivity index (χ3v) is 6.13. The number of aliphatic hydroxyl groups is 1. The van der Waals surface area contributed by atoms with Crippen LogP contribution in [-0.4, -0.2) is 35.2 Å². The lowest BCUT2D eigenvalue weighted by molar-refractivity contribution is -0.232. The number of alkyl halides is 3. The average molecular weight is 478 g/mol. The number of aryl methyl sites for hydroxylation is 1. The number of benzene rings is 2. The van der Waals surface area contributed by atoms with Gasteiger partial charge in [-0.2, -0.15) is 13.2 Å². The molecule has 0 amide bonds. The van der Waals surface area contributed by atoms with Crippen molar-refractivity contribution in [2.24, 2.45) is 4.99 Å². The molecule has 3 rings (SSSR count). The first-order valence-electron chi connectivity index (χ1n) is 10.7. The number of aromatic amines is 1. The maximum Gasteiger partial charge on any atom is 0.422 e. The van der Waals surface area contributed by atoms with Crippen LogP contribution < -0.4 is 10.3 Å². The van der Waals surface area contributed by atoms with Gasteiger partial charge in [0.25, 0.3) is 0 Å². The molecular weight excluding hydrogens is 452 g/mol. The van der Waals surface area contributed by atoms with Gasteiger partial charge in [-0.05, 0) is 67.5 Å². The zero-order valence-electron chi connectivity index (χ0n) is 19.3. The van der Waals surface area contributed by atoms with Gasteiger partial charge in [0.2, 0.25) is 5.56 Å². The van der Waals surface area contributed by atoms with E-state index in [1.165, 1.54) is 19.2 Å². The van der Waals surface area contributed by atoms with Gasteiger partial charge in [-0.25, -0.2) is 4.39 Å². The molecule has 0 aliphatic rings. The monoisotopic (exact) mass is 478 g/mol. The molecular formula is C25H26F4N2O3. The van der Waals surface area contributed by atoms with Crippen LogP contribution in [0.2, 0.25) is 0 Å². The first kappa shape index (κ1) is 25.4. The number of nitrogens with zero attached hydrogens (tertiary/aromatic N) is 1. The summed E-state index contributed by atoms with van der Waals surface area (Å²) < 4.78 is 61.9. The summed E-state index contributed by atoms with van der Waals surface area (Å²) in [7, 11) is 1.46. The molecule has 0 saturated carbocycles. The summed E-state index contributed by atoms with van der Waals surface area (Å²) in [6.07, 6.45) is -4.96. The van der Waals surface area contributed by atoms with Crippen molar-refractivity contribution in [1.29, 1.82) is 0 Å². The van der Waals surface area contributed by atoms with Crippen molar-refractivity contribution in [2.75, 3.05) is 7.11 Å². The van der Waals surface area contributed by atoms with E-state index < -0.39 is 35.5 Å². The zero-order valence-corrected chi connectivity index (χ0v) is 19.3. The SMILES string of the molecule is CCC(CC(O)(C=Nc1ccc(F)c2[nH]c(=O)ccc12)C(F)(F)F)c1ccc(C)c(C)c1OC. The van der Waals surface area contributed by atoms with E-state index in [9.17, 15) is 27.5 Å². The van der Waals surface area contributed by atoms with Crippen molar-refractivity contribution in [3.8, 4) is 5.75 Å². The van der Waals surface area contributed by atoms with Gasteiger partial charge >= 0.3 is 6.18 Å². The Balaban J connectivity index is 2.06. The normalized spacial score (nSPS) is 15.0. The molecule has 0 bridgehead atoms. The van der Waals surface area contributed by atoms with Gasteiger partial charge in [0, 0.05) is 17.7 Å². The molecule has 2 aromatic carbocycles. The highest BCUT2D eigenvalue weighted by molar-refractivity contribution is 5.92. The summed E-state index contributed by atoms with van der Waals surface area (Å²) in [4.78, 5) is 17.7. The fourth-order valence-electron chi connectivity index (χ4n) is 3.99. The largest absolute Gasteiger partial charge is 0.496 e. The molecule has 182 valence electrons. The Kier molecular flexibility index (Phi) is 7.16. The summed E-state index contributed by atoms with van der Waals surface area (Å²) in [5.74, 6) is -0.943. The van der Waals surface area contributed by atoms with E-state index >= 15 is 0 Å².